The Hall–Kier alpha value is -2.14. The van der Waals surface area contributed by atoms with Crippen molar-refractivity contribution in [3.63, 3.8) is 0 Å². The topological polar surface area (TPSA) is 59.0 Å². The van der Waals surface area contributed by atoms with Crippen LogP contribution >= 0.6 is 0 Å². The van der Waals surface area contributed by atoms with E-state index in [-0.39, 0.29) is 5.91 Å². The van der Waals surface area contributed by atoms with E-state index >= 15 is 0 Å². The zero-order valence-electron chi connectivity index (χ0n) is 12.7. The van der Waals surface area contributed by atoms with Crippen molar-refractivity contribution in [2.24, 2.45) is 0 Å². The van der Waals surface area contributed by atoms with Gasteiger partial charge in [0.05, 0.1) is 12.7 Å². The van der Waals surface area contributed by atoms with E-state index in [0.29, 0.717) is 19.0 Å². The van der Waals surface area contributed by atoms with Crippen LogP contribution in [0.4, 0.5) is 0 Å². The number of aromatic nitrogens is 2. The SMILES string of the molecule is O=C(CC1CCCN1)NCc1cnn(Cc2ccccc2)c1. The molecule has 1 aromatic carbocycles. The highest BCUT2D eigenvalue weighted by atomic mass is 16.1. The van der Waals surface area contributed by atoms with Gasteiger partial charge in [0, 0.05) is 30.8 Å². The molecule has 0 aliphatic carbocycles. The molecule has 3 rings (SSSR count). The lowest BCUT2D eigenvalue weighted by atomic mass is 10.1. The predicted octanol–water partition coefficient (Wildman–Crippen LogP) is 1.69. The van der Waals surface area contributed by atoms with Crippen molar-refractivity contribution >= 4 is 5.91 Å². The number of hydrogen-bond donors (Lipinski definition) is 2. The van der Waals surface area contributed by atoms with Crippen molar-refractivity contribution in [3.05, 3.63) is 53.9 Å². The van der Waals surface area contributed by atoms with Crippen molar-refractivity contribution in [2.45, 2.75) is 38.4 Å². The number of nitrogens with zero attached hydrogens (tertiary/aromatic N) is 2. The third kappa shape index (κ3) is 4.18. The molecular weight excluding hydrogens is 276 g/mol. The summed E-state index contributed by atoms with van der Waals surface area (Å²) in [5.41, 5.74) is 2.25. The largest absolute Gasteiger partial charge is 0.352 e. The molecule has 22 heavy (non-hydrogen) atoms. The molecule has 2 aromatic rings. The number of carbonyl (C=O) groups is 1. The van der Waals surface area contributed by atoms with Gasteiger partial charge in [0.2, 0.25) is 5.91 Å². The highest BCUT2D eigenvalue weighted by molar-refractivity contribution is 5.76. The minimum atomic E-state index is 0.107. The van der Waals surface area contributed by atoms with Crippen molar-refractivity contribution in [1.29, 1.82) is 0 Å². The fourth-order valence-corrected chi connectivity index (χ4v) is 2.78. The highest BCUT2D eigenvalue weighted by Gasteiger charge is 2.17. The van der Waals surface area contributed by atoms with Gasteiger partial charge in [-0.05, 0) is 24.9 Å². The van der Waals surface area contributed by atoms with Gasteiger partial charge in [0.1, 0.15) is 0 Å². The van der Waals surface area contributed by atoms with Gasteiger partial charge in [-0.3, -0.25) is 9.48 Å². The van der Waals surface area contributed by atoms with Gasteiger partial charge in [-0.1, -0.05) is 30.3 Å². The average molecular weight is 298 g/mol. The molecule has 2 heterocycles. The molecule has 1 amide bonds. The van der Waals surface area contributed by atoms with Crippen LogP contribution in [0.3, 0.4) is 0 Å². The Morgan fingerprint density at radius 1 is 1.32 bits per heavy atom. The second-order valence-corrected chi connectivity index (χ2v) is 5.81. The van der Waals surface area contributed by atoms with Gasteiger partial charge in [-0.25, -0.2) is 0 Å². The Kier molecular flexibility index (Phi) is 4.85. The molecule has 1 aromatic heterocycles. The van der Waals surface area contributed by atoms with E-state index in [1.165, 1.54) is 12.0 Å². The van der Waals surface area contributed by atoms with E-state index in [1.807, 2.05) is 35.3 Å². The fourth-order valence-electron chi connectivity index (χ4n) is 2.78. The van der Waals surface area contributed by atoms with Crippen LogP contribution in [-0.2, 0) is 17.9 Å². The summed E-state index contributed by atoms with van der Waals surface area (Å²) in [5.74, 6) is 0.107. The van der Waals surface area contributed by atoms with E-state index in [1.54, 1.807) is 0 Å². The van der Waals surface area contributed by atoms with Crippen molar-refractivity contribution in [1.82, 2.24) is 20.4 Å². The Morgan fingerprint density at radius 3 is 2.95 bits per heavy atom. The zero-order chi connectivity index (χ0) is 15.2. The summed E-state index contributed by atoms with van der Waals surface area (Å²) in [7, 11) is 0. The first-order chi connectivity index (χ1) is 10.8. The van der Waals surface area contributed by atoms with Crippen molar-refractivity contribution < 1.29 is 4.79 Å². The normalized spacial score (nSPS) is 17.5. The van der Waals surface area contributed by atoms with Crippen LogP contribution in [-0.4, -0.2) is 28.3 Å². The molecule has 1 saturated heterocycles. The monoisotopic (exact) mass is 298 g/mol. The van der Waals surface area contributed by atoms with Crippen molar-refractivity contribution in [3.8, 4) is 0 Å². The number of amides is 1. The van der Waals surface area contributed by atoms with E-state index in [0.717, 1.165) is 25.1 Å². The Balaban J connectivity index is 1.46. The Morgan fingerprint density at radius 2 is 2.18 bits per heavy atom. The molecule has 2 N–H and O–H groups in total. The quantitative estimate of drug-likeness (QED) is 0.853. The number of hydrogen-bond acceptors (Lipinski definition) is 3. The summed E-state index contributed by atoms with van der Waals surface area (Å²) < 4.78 is 1.90. The standard InChI is InChI=1S/C17H22N4O/c22-17(9-16-7-4-8-18-16)19-10-15-11-20-21(13-15)12-14-5-2-1-3-6-14/h1-3,5-6,11,13,16,18H,4,7-10,12H2,(H,19,22). The summed E-state index contributed by atoms with van der Waals surface area (Å²) in [4.78, 5) is 11.9. The molecular formula is C17H22N4O. The Bertz CT molecular complexity index is 602. The molecule has 1 fully saturated rings. The fraction of sp³-hybridized carbons (Fsp3) is 0.412. The first-order valence-corrected chi connectivity index (χ1v) is 7.85. The number of rotatable bonds is 6. The molecule has 116 valence electrons. The maximum atomic E-state index is 11.9. The summed E-state index contributed by atoms with van der Waals surface area (Å²) in [5, 5.41) is 10.7. The van der Waals surface area contributed by atoms with Gasteiger partial charge in [0.25, 0.3) is 0 Å². The highest BCUT2D eigenvalue weighted by Crippen LogP contribution is 2.08. The minimum absolute atomic E-state index is 0.107. The molecule has 0 radical (unpaired) electrons. The van der Waals surface area contributed by atoms with E-state index in [2.05, 4.69) is 27.9 Å². The van der Waals surface area contributed by atoms with E-state index in [9.17, 15) is 4.79 Å². The maximum Gasteiger partial charge on any atom is 0.221 e. The smallest absolute Gasteiger partial charge is 0.221 e. The molecule has 5 nitrogen and oxygen atoms in total. The van der Waals surface area contributed by atoms with Crippen LogP contribution in [0.25, 0.3) is 0 Å². The predicted molar refractivity (Wildman–Crippen MR) is 85.3 cm³/mol. The van der Waals surface area contributed by atoms with Crippen LogP contribution in [0.5, 0.6) is 0 Å². The summed E-state index contributed by atoms with van der Waals surface area (Å²) in [6.07, 6.45) is 6.64. The van der Waals surface area contributed by atoms with Gasteiger partial charge < -0.3 is 10.6 Å². The van der Waals surface area contributed by atoms with Crippen LogP contribution in [0.15, 0.2) is 42.7 Å². The molecule has 1 aliphatic heterocycles. The lowest BCUT2D eigenvalue weighted by molar-refractivity contribution is -0.121. The number of carbonyl (C=O) groups excluding carboxylic acids is 1. The second-order valence-electron chi connectivity index (χ2n) is 5.81. The maximum absolute atomic E-state index is 11.9. The van der Waals surface area contributed by atoms with Crippen LogP contribution in [0.2, 0.25) is 0 Å². The van der Waals surface area contributed by atoms with Crippen LogP contribution in [0, 0.1) is 0 Å². The molecule has 5 heteroatoms. The molecule has 0 spiro atoms. The lowest BCUT2D eigenvalue weighted by Crippen LogP contribution is -2.31. The number of benzene rings is 1. The summed E-state index contributed by atoms with van der Waals surface area (Å²) >= 11 is 0. The molecule has 1 unspecified atom stereocenters. The average Bonchev–Trinajstić information content (AvgIpc) is 3.18. The van der Waals surface area contributed by atoms with Gasteiger partial charge in [0.15, 0.2) is 0 Å². The van der Waals surface area contributed by atoms with Gasteiger partial charge >= 0.3 is 0 Å². The molecule has 1 aliphatic rings. The van der Waals surface area contributed by atoms with Gasteiger partial charge in [-0.15, -0.1) is 0 Å². The molecule has 0 saturated carbocycles. The third-order valence-corrected chi connectivity index (χ3v) is 3.96. The minimum Gasteiger partial charge on any atom is -0.352 e. The van der Waals surface area contributed by atoms with Crippen LogP contribution < -0.4 is 10.6 Å². The summed E-state index contributed by atoms with van der Waals surface area (Å²) in [6.45, 7) is 2.32. The van der Waals surface area contributed by atoms with Crippen LogP contribution in [0.1, 0.15) is 30.4 Å². The van der Waals surface area contributed by atoms with E-state index in [4.69, 9.17) is 0 Å². The van der Waals surface area contributed by atoms with E-state index < -0.39 is 0 Å². The second kappa shape index (κ2) is 7.22. The van der Waals surface area contributed by atoms with Crippen molar-refractivity contribution in [2.75, 3.05) is 6.54 Å². The molecule has 1 atom stereocenters. The summed E-state index contributed by atoms with van der Waals surface area (Å²) in [6, 6.07) is 10.6. The number of nitrogens with one attached hydrogen (secondary N) is 2. The van der Waals surface area contributed by atoms with Gasteiger partial charge in [-0.2, -0.15) is 5.10 Å². The Labute approximate surface area is 130 Å². The third-order valence-electron chi connectivity index (χ3n) is 3.96. The first-order valence-electron chi connectivity index (χ1n) is 7.85. The zero-order valence-corrected chi connectivity index (χ0v) is 12.7. The first kappa shape index (κ1) is 14.8. The lowest BCUT2D eigenvalue weighted by Gasteiger charge is -2.09. The molecule has 0 bridgehead atoms.